The number of para-hydroxylation sites is 2. The molecule has 0 bridgehead atoms. The molecule has 0 unspecified atom stereocenters. The summed E-state index contributed by atoms with van der Waals surface area (Å²) in [4.78, 5) is 29.2. The number of anilines is 7. The summed E-state index contributed by atoms with van der Waals surface area (Å²) in [7, 11) is 0. The highest BCUT2D eigenvalue weighted by Gasteiger charge is 2.19. The summed E-state index contributed by atoms with van der Waals surface area (Å²) in [5, 5.41) is 5.82. The topological polar surface area (TPSA) is 64.7 Å². The second-order valence-corrected chi connectivity index (χ2v) is 14.0. The van der Waals surface area contributed by atoms with Crippen molar-refractivity contribution in [3.63, 3.8) is 0 Å². The van der Waals surface area contributed by atoms with Gasteiger partial charge in [-0.05, 0) is 117 Å². The summed E-state index contributed by atoms with van der Waals surface area (Å²) >= 11 is 0. The average Bonchev–Trinajstić information content (AvgIpc) is 3.06. The molecule has 0 atom stereocenters. The van der Waals surface area contributed by atoms with Crippen LogP contribution in [-0.2, 0) is 15.0 Å². The van der Waals surface area contributed by atoms with Crippen LogP contribution >= 0.6 is 0 Å². The van der Waals surface area contributed by atoms with E-state index in [4.69, 9.17) is 0 Å². The van der Waals surface area contributed by atoms with E-state index in [1.54, 1.807) is 0 Å². The summed E-state index contributed by atoms with van der Waals surface area (Å²) in [5.74, 6) is -0.332. The molecule has 5 rings (SSSR count). The fourth-order valence-electron chi connectivity index (χ4n) is 5.53. The zero-order valence-corrected chi connectivity index (χ0v) is 28.8. The van der Waals surface area contributed by atoms with Crippen LogP contribution < -0.4 is 20.4 Å². The average molecular weight is 639 g/mol. The molecule has 246 valence electrons. The first-order valence-electron chi connectivity index (χ1n) is 16.5. The molecule has 5 aromatic rings. The van der Waals surface area contributed by atoms with Crippen molar-refractivity contribution < 1.29 is 9.59 Å². The number of amides is 2. The van der Waals surface area contributed by atoms with E-state index >= 15 is 0 Å². The van der Waals surface area contributed by atoms with Gasteiger partial charge in [0.15, 0.2) is 0 Å². The zero-order valence-electron chi connectivity index (χ0n) is 28.8. The molecule has 0 saturated heterocycles. The summed E-state index contributed by atoms with van der Waals surface area (Å²) < 4.78 is 0. The van der Waals surface area contributed by atoms with Gasteiger partial charge < -0.3 is 20.4 Å². The molecule has 0 aromatic heterocycles. The molecule has 6 nitrogen and oxygen atoms in total. The predicted octanol–water partition coefficient (Wildman–Crippen LogP) is 10.6. The normalized spacial score (nSPS) is 11.5. The van der Waals surface area contributed by atoms with Gasteiger partial charge in [0.1, 0.15) is 0 Å². The van der Waals surface area contributed by atoms with E-state index in [2.05, 4.69) is 126 Å². The monoisotopic (exact) mass is 638 g/mol. The van der Waals surface area contributed by atoms with E-state index < -0.39 is 0 Å². The molecule has 6 heteroatoms. The third kappa shape index (κ3) is 8.91. The van der Waals surface area contributed by atoms with E-state index in [-0.39, 0.29) is 35.6 Å². The maximum atomic E-state index is 12.6. The Balaban J connectivity index is 1.39. The quantitative estimate of drug-likeness (QED) is 0.160. The van der Waals surface area contributed by atoms with Crippen LogP contribution in [0.5, 0.6) is 0 Å². The fourth-order valence-corrected chi connectivity index (χ4v) is 5.53. The number of rotatable bonds is 10. The van der Waals surface area contributed by atoms with Crippen molar-refractivity contribution in [2.24, 2.45) is 0 Å². The highest BCUT2D eigenvalue weighted by molar-refractivity contribution is 5.93. The van der Waals surface area contributed by atoms with E-state index in [0.717, 1.165) is 34.1 Å². The first kappa shape index (κ1) is 34.0. The van der Waals surface area contributed by atoms with Gasteiger partial charge in [-0.25, -0.2) is 0 Å². The Kier molecular flexibility index (Phi) is 10.3. The van der Waals surface area contributed by atoms with Gasteiger partial charge >= 0.3 is 0 Å². The highest BCUT2D eigenvalue weighted by Crippen LogP contribution is 2.39. The second kappa shape index (κ2) is 14.6. The Morgan fingerprint density at radius 3 is 1.23 bits per heavy atom. The van der Waals surface area contributed by atoms with Crippen LogP contribution in [-0.4, -0.2) is 17.4 Å². The molecule has 2 amide bonds. The van der Waals surface area contributed by atoms with Gasteiger partial charge in [0, 0.05) is 58.2 Å². The van der Waals surface area contributed by atoms with Crippen LogP contribution in [0.3, 0.4) is 0 Å². The molecule has 48 heavy (non-hydrogen) atoms. The minimum atomic E-state index is -0.325. The van der Waals surface area contributed by atoms with Crippen LogP contribution in [0.4, 0.5) is 39.8 Å². The lowest BCUT2D eigenvalue weighted by Gasteiger charge is -2.29. The first-order chi connectivity index (χ1) is 22.9. The lowest BCUT2D eigenvalue weighted by atomic mass is 9.87. The summed E-state index contributed by atoms with van der Waals surface area (Å²) in [6.07, 6.45) is 0.260. The van der Waals surface area contributed by atoms with Crippen molar-refractivity contribution in [1.82, 2.24) is 5.32 Å². The first-order valence-corrected chi connectivity index (χ1v) is 16.5. The smallest absolute Gasteiger partial charge is 0.224 e. The molecule has 0 saturated carbocycles. The van der Waals surface area contributed by atoms with Gasteiger partial charge in [-0.3, -0.25) is 9.59 Å². The Bertz CT molecular complexity index is 1790. The van der Waals surface area contributed by atoms with Crippen molar-refractivity contribution in [3.8, 4) is 0 Å². The molecule has 0 fully saturated rings. The Hall–Kier alpha value is -5.36. The molecular formula is C42H46N4O2. The molecule has 0 aliphatic carbocycles. The van der Waals surface area contributed by atoms with Gasteiger partial charge in [-0.2, -0.15) is 0 Å². The van der Waals surface area contributed by atoms with Crippen molar-refractivity contribution in [2.45, 2.75) is 65.3 Å². The summed E-state index contributed by atoms with van der Waals surface area (Å²) in [6.45, 7) is 12.5. The van der Waals surface area contributed by atoms with E-state index in [9.17, 15) is 9.59 Å². The molecule has 0 aliphatic rings. The number of hydrogen-bond acceptors (Lipinski definition) is 4. The lowest BCUT2D eigenvalue weighted by Crippen LogP contribution is -2.40. The molecule has 0 spiro atoms. The number of hydrogen-bond donors (Lipinski definition) is 2. The maximum absolute atomic E-state index is 12.6. The standard InChI is InChI=1S/C42H46N4O2/c1-41(2,3)31-17-21-35(22-18-31)45(33-13-9-7-10-14-33)37-25-27-38(28-26-37)46(34-15-11-8-12-16-34)36-23-19-32(20-24-36)43-39(47)29-30-40(48)44-42(4,5)6/h7-28H,29-30H2,1-6H3,(H,43,47)(H,44,48). The third-order valence-electron chi connectivity index (χ3n) is 7.89. The SMILES string of the molecule is CC(C)(C)NC(=O)CCC(=O)Nc1ccc(N(c2ccccc2)c2ccc(N(c3ccccc3)c3ccc(C(C)(C)C)cc3)cc2)cc1. The highest BCUT2D eigenvalue weighted by atomic mass is 16.2. The third-order valence-corrected chi connectivity index (χ3v) is 7.89. The van der Waals surface area contributed by atoms with Crippen LogP contribution in [0.25, 0.3) is 0 Å². The van der Waals surface area contributed by atoms with Gasteiger partial charge in [0.25, 0.3) is 0 Å². The zero-order chi connectivity index (χ0) is 34.3. The van der Waals surface area contributed by atoms with Crippen molar-refractivity contribution in [1.29, 1.82) is 0 Å². The molecule has 0 heterocycles. The minimum absolute atomic E-state index is 0.0759. The van der Waals surface area contributed by atoms with E-state index in [0.29, 0.717) is 5.69 Å². The Labute approximate surface area is 285 Å². The molecule has 0 radical (unpaired) electrons. The molecule has 2 N–H and O–H groups in total. The number of benzene rings is 5. The predicted molar refractivity (Wildman–Crippen MR) is 200 cm³/mol. The summed E-state index contributed by atoms with van der Waals surface area (Å²) in [6, 6.07) is 45.8. The van der Waals surface area contributed by atoms with Gasteiger partial charge in [0.05, 0.1) is 0 Å². The number of nitrogens with zero attached hydrogens (tertiary/aromatic N) is 2. The Morgan fingerprint density at radius 1 is 0.479 bits per heavy atom. The number of carbonyl (C=O) groups excluding carboxylic acids is 2. The molecule has 0 aliphatic heterocycles. The number of carbonyl (C=O) groups is 2. The lowest BCUT2D eigenvalue weighted by molar-refractivity contribution is -0.125. The molecular weight excluding hydrogens is 592 g/mol. The van der Waals surface area contributed by atoms with Crippen molar-refractivity contribution in [3.05, 3.63) is 139 Å². The second-order valence-electron chi connectivity index (χ2n) is 14.0. The summed E-state index contributed by atoms with van der Waals surface area (Å²) in [5.41, 5.74) is 7.93. The van der Waals surface area contributed by atoms with E-state index in [1.807, 2.05) is 69.3 Å². The van der Waals surface area contributed by atoms with Crippen molar-refractivity contribution in [2.75, 3.05) is 15.1 Å². The van der Waals surface area contributed by atoms with E-state index in [1.165, 1.54) is 5.56 Å². The van der Waals surface area contributed by atoms with Crippen molar-refractivity contribution >= 4 is 51.6 Å². The van der Waals surface area contributed by atoms with Crippen LogP contribution in [0, 0.1) is 0 Å². The van der Waals surface area contributed by atoms with Gasteiger partial charge in [0.2, 0.25) is 11.8 Å². The van der Waals surface area contributed by atoms with Gasteiger partial charge in [-0.15, -0.1) is 0 Å². The number of nitrogens with one attached hydrogen (secondary N) is 2. The largest absolute Gasteiger partial charge is 0.351 e. The van der Waals surface area contributed by atoms with Crippen LogP contribution in [0.15, 0.2) is 133 Å². The maximum Gasteiger partial charge on any atom is 0.224 e. The minimum Gasteiger partial charge on any atom is -0.351 e. The Morgan fingerprint density at radius 2 is 0.833 bits per heavy atom. The molecule has 5 aromatic carbocycles. The van der Waals surface area contributed by atoms with Crippen LogP contribution in [0.2, 0.25) is 0 Å². The van der Waals surface area contributed by atoms with Gasteiger partial charge in [-0.1, -0.05) is 69.3 Å². The van der Waals surface area contributed by atoms with Crippen LogP contribution in [0.1, 0.15) is 59.9 Å². The fraction of sp³-hybridized carbons (Fsp3) is 0.238.